The van der Waals surface area contributed by atoms with Crippen molar-refractivity contribution >= 4 is 14.3 Å². The first-order valence-electron chi connectivity index (χ1n) is 16.1. The van der Waals surface area contributed by atoms with Gasteiger partial charge in [-0.2, -0.15) is 0 Å². The van der Waals surface area contributed by atoms with Gasteiger partial charge in [-0.1, -0.05) is 78.8 Å². The fourth-order valence-electron chi connectivity index (χ4n) is 5.06. The van der Waals surface area contributed by atoms with Gasteiger partial charge in [0.05, 0.1) is 31.8 Å². The number of esters is 1. The van der Waals surface area contributed by atoms with Gasteiger partial charge in [0.15, 0.2) is 8.32 Å². The first-order chi connectivity index (χ1) is 20.5. The van der Waals surface area contributed by atoms with Gasteiger partial charge in [-0.05, 0) is 67.1 Å². The highest BCUT2D eigenvalue weighted by atomic mass is 28.4. The van der Waals surface area contributed by atoms with Gasteiger partial charge in [0, 0.05) is 25.6 Å². The van der Waals surface area contributed by atoms with Crippen molar-refractivity contribution in [1.82, 2.24) is 0 Å². The molecule has 44 heavy (non-hydrogen) atoms. The molecule has 7 heteroatoms. The van der Waals surface area contributed by atoms with Gasteiger partial charge in [0.1, 0.15) is 11.9 Å². The molecule has 7 atom stereocenters. The Morgan fingerprint density at radius 2 is 1.61 bits per heavy atom. The van der Waals surface area contributed by atoms with Crippen LogP contribution in [0.5, 0.6) is 5.75 Å². The van der Waals surface area contributed by atoms with Crippen molar-refractivity contribution < 1.29 is 28.2 Å². The Kier molecular flexibility index (Phi) is 16.9. The molecule has 0 N–H and O–H groups in total. The van der Waals surface area contributed by atoms with Crippen molar-refractivity contribution in [3.8, 4) is 5.75 Å². The molecule has 6 nitrogen and oxygen atoms in total. The second kappa shape index (κ2) is 18.7. The van der Waals surface area contributed by atoms with Crippen LogP contribution >= 0.6 is 0 Å². The summed E-state index contributed by atoms with van der Waals surface area (Å²) in [4.78, 5) is 12.9. The Morgan fingerprint density at radius 3 is 2.11 bits per heavy atom. The molecule has 0 fully saturated rings. The third-order valence-corrected chi connectivity index (χ3v) is 13.6. The Labute approximate surface area is 270 Å². The van der Waals surface area contributed by atoms with Crippen LogP contribution in [-0.4, -0.2) is 53.4 Å². The molecule has 0 aliphatic rings. The van der Waals surface area contributed by atoms with Crippen LogP contribution in [0.3, 0.4) is 0 Å². The molecule has 0 saturated carbocycles. The van der Waals surface area contributed by atoms with Gasteiger partial charge < -0.3 is 23.4 Å². The summed E-state index contributed by atoms with van der Waals surface area (Å²) in [7, 11) is 1.30. The Hall–Kier alpha value is -2.19. The number of methoxy groups -OCH3 is 2. The largest absolute Gasteiger partial charge is 0.497 e. The maximum Gasteiger partial charge on any atom is 0.309 e. The molecule has 0 heterocycles. The van der Waals surface area contributed by atoms with Gasteiger partial charge in [-0.15, -0.1) is 13.2 Å². The monoisotopic (exact) mass is 630 g/mol. The lowest BCUT2D eigenvalue weighted by atomic mass is 9.85. The maximum absolute atomic E-state index is 12.9. The molecular formula is C37H62O6Si. The summed E-state index contributed by atoms with van der Waals surface area (Å²) in [5.74, 6) is 0.454. The fourth-order valence-corrected chi connectivity index (χ4v) is 6.52. The van der Waals surface area contributed by atoms with Crippen molar-refractivity contribution in [3.63, 3.8) is 0 Å². The average molecular weight is 631 g/mol. The van der Waals surface area contributed by atoms with E-state index in [4.69, 9.17) is 23.4 Å². The zero-order chi connectivity index (χ0) is 33.7. The number of benzene rings is 1. The van der Waals surface area contributed by atoms with E-state index in [0.717, 1.165) is 23.3 Å². The van der Waals surface area contributed by atoms with E-state index in [0.29, 0.717) is 19.6 Å². The number of carbonyl (C=O) groups is 1. The number of rotatable bonds is 20. The fraction of sp³-hybridized carbons (Fsp3) is 0.649. The lowest BCUT2D eigenvalue weighted by molar-refractivity contribution is -0.153. The maximum atomic E-state index is 12.9. The van der Waals surface area contributed by atoms with E-state index < -0.39 is 14.4 Å². The van der Waals surface area contributed by atoms with Crippen molar-refractivity contribution in [2.75, 3.05) is 20.8 Å². The van der Waals surface area contributed by atoms with E-state index >= 15 is 0 Å². The van der Waals surface area contributed by atoms with E-state index in [-0.39, 0.29) is 46.9 Å². The van der Waals surface area contributed by atoms with E-state index in [1.54, 1.807) is 20.3 Å². The number of allylic oxidation sites excluding steroid dienone is 1. The smallest absolute Gasteiger partial charge is 0.309 e. The van der Waals surface area contributed by atoms with Crippen molar-refractivity contribution in [1.29, 1.82) is 0 Å². The summed E-state index contributed by atoms with van der Waals surface area (Å²) in [5, 5.41) is 0.0458. The molecule has 1 rings (SSSR count). The summed E-state index contributed by atoms with van der Waals surface area (Å²) in [5.41, 5.74) is 2.10. The summed E-state index contributed by atoms with van der Waals surface area (Å²) >= 11 is 0. The van der Waals surface area contributed by atoms with E-state index in [2.05, 4.69) is 66.9 Å². The molecule has 0 radical (unpaired) electrons. The van der Waals surface area contributed by atoms with Crippen molar-refractivity contribution in [2.45, 2.75) is 111 Å². The van der Waals surface area contributed by atoms with E-state index in [9.17, 15) is 4.79 Å². The summed E-state index contributed by atoms with van der Waals surface area (Å²) in [6.07, 6.45) is 6.58. The van der Waals surface area contributed by atoms with Gasteiger partial charge in [-0.3, -0.25) is 4.79 Å². The summed E-state index contributed by atoms with van der Waals surface area (Å²) in [6, 6.07) is 7.93. The molecule has 0 aliphatic carbocycles. The molecule has 250 valence electrons. The zero-order valence-electron chi connectivity index (χ0n) is 29.8. The highest BCUT2D eigenvalue weighted by Gasteiger charge is 2.42. The zero-order valence-corrected chi connectivity index (χ0v) is 30.8. The topological polar surface area (TPSA) is 63.2 Å². The average Bonchev–Trinajstić information content (AvgIpc) is 2.97. The normalized spacial score (nSPS) is 17.5. The van der Waals surface area contributed by atoms with Crippen LogP contribution in [0.4, 0.5) is 0 Å². The summed E-state index contributed by atoms with van der Waals surface area (Å²) in [6.45, 7) is 30.6. The number of hydrogen-bond donors (Lipinski definition) is 0. The number of ether oxygens (including phenoxy) is 4. The Bertz CT molecular complexity index is 1040. The van der Waals surface area contributed by atoms with Crippen LogP contribution < -0.4 is 4.74 Å². The summed E-state index contributed by atoms with van der Waals surface area (Å²) < 4.78 is 30.6. The molecule has 0 spiro atoms. The third-order valence-electron chi connectivity index (χ3n) is 9.13. The second-order valence-electron chi connectivity index (χ2n) is 13.8. The SMILES string of the molecule is C=CC[C@@H](C)C(=O)O[C@H](/C(C)=C/[C@@H](C)[C@@H](O[Si](C)(C)C(C)(C)C)[C@H](C)[C@@H](CCOCc1ccc(OC)cc1)OC)[C@@H](C)C=C. The third kappa shape index (κ3) is 12.3. The Morgan fingerprint density at radius 1 is 1.00 bits per heavy atom. The highest BCUT2D eigenvalue weighted by molar-refractivity contribution is 6.74. The molecule has 0 aliphatic heterocycles. The molecule has 1 aromatic rings. The molecule has 1 aromatic carbocycles. The molecule has 0 amide bonds. The first kappa shape index (κ1) is 39.8. The van der Waals surface area contributed by atoms with Gasteiger partial charge >= 0.3 is 5.97 Å². The van der Waals surface area contributed by atoms with E-state index in [1.807, 2.05) is 51.1 Å². The van der Waals surface area contributed by atoms with Crippen LogP contribution in [-0.2, 0) is 30.0 Å². The van der Waals surface area contributed by atoms with Crippen LogP contribution in [0, 0.1) is 23.7 Å². The van der Waals surface area contributed by atoms with Crippen molar-refractivity contribution in [2.24, 2.45) is 23.7 Å². The van der Waals surface area contributed by atoms with Crippen LogP contribution in [0.2, 0.25) is 18.1 Å². The van der Waals surface area contributed by atoms with Crippen LogP contribution in [0.1, 0.15) is 73.8 Å². The standard InChI is InChI=1S/C37H62O6Si/c1-15-17-27(4)36(38)42-34(26(3)16-2)28(5)24-29(6)35(43-44(13,14)37(8,9)10)30(7)33(40-12)22-23-41-25-31-18-20-32(39-11)21-19-31/h15-16,18-21,24,26-27,29-30,33-35H,1-2,17,22-23,25H2,3-14H3/b28-24+/t26-,27+,29+,30+,33+,34-,35+/m0/s1. The highest BCUT2D eigenvalue weighted by Crippen LogP contribution is 2.40. The molecule has 0 unspecified atom stereocenters. The minimum Gasteiger partial charge on any atom is -0.497 e. The minimum absolute atomic E-state index is 0.0370. The van der Waals surface area contributed by atoms with Gasteiger partial charge in [0.2, 0.25) is 0 Å². The van der Waals surface area contributed by atoms with Gasteiger partial charge in [-0.25, -0.2) is 0 Å². The molecule has 0 aromatic heterocycles. The van der Waals surface area contributed by atoms with Crippen molar-refractivity contribution in [3.05, 3.63) is 66.8 Å². The lowest BCUT2D eigenvalue weighted by Gasteiger charge is -2.44. The first-order valence-corrected chi connectivity index (χ1v) is 19.0. The molecular weight excluding hydrogens is 568 g/mol. The molecule has 0 saturated heterocycles. The van der Waals surface area contributed by atoms with Crippen LogP contribution in [0.25, 0.3) is 0 Å². The minimum atomic E-state index is -2.14. The second-order valence-corrected chi connectivity index (χ2v) is 18.6. The molecule has 0 bridgehead atoms. The Balaban J connectivity index is 3.21. The predicted molar refractivity (Wildman–Crippen MR) is 185 cm³/mol. The number of carbonyl (C=O) groups excluding carboxylic acids is 1. The number of hydrogen-bond acceptors (Lipinski definition) is 6. The van der Waals surface area contributed by atoms with Crippen LogP contribution in [0.15, 0.2) is 61.2 Å². The predicted octanol–water partition coefficient (Wildman–Crippen LogP) is 9.17. The lowest BCUT2D eigenvalue weighted by Crippen LogP contribution is -2.49. The van der Waals surface area contributed by atoms with E-state index in [1.165, 1.54) is 0 Å². The van der Waals surface area contributed by atoms with Gasteiger partial charge in [0.25, 0.3) is 0 Å². The quantitative estimate of drug-likeness (QED) is 0.0620.